The molecule has 0 saturated carbocycles. The van der Waals surface area contributed by atoms with Crippen LogP contribution in [0.2, 0.25) is 0 Å². The molecule has 0 bridgehead atoms. The number of rotatable bonds is 6. The Balaban J connectivity index is 2.41. The van der Waals surface area contributed by atoms with E-state index in [2.05, 4.69) is 13.2 Å². The standard InChI is InChI=1S/C21H26O8/c1-12(9-22)20(25)28-18-8-16(11-27-14(3)24)6-4-5-15(10-23)7-17-19(18)13(2)21(26)29-17/h6-7,17-19,22-23H,1-2,4-5,8-11H2,3H3. The van der Waals surface area contributed by atoms with Crippen LogP contribution in [0.4, 0.5) is 0 Å². The van der Waals surface area contributed by atoms with Crippen LogP contribution in [-0.2, 0) is 28.6 Å². The lowest BCUT2D eigenvalue weighted by molar-refractivity contribution is -0.148. The summed E-state index contributed by atoms with van der Waals surface area (Å²) in [7, 11) is 0. The van der Waals surface area contributed by atoms with Gasteiger partial charge >= 0.3 is 17.9 Å². The summed E-state index contributed by atoms with van der Waals surface area (Å²) in [6, 6.07) is 0. The molecule has 0 spiro atoms. The van der Waals surface area contributed by atoms with Crippen molar-refractivity contribution in [2.75, 3.05) is 19.8 Å². The quantitative estimate of drug-likeness (QED) is 0.292. The van der Waals surface area contributed by atoms with Crippen LogP contribution in [0.3, 0.4) is 0 Å². The maximum atomic E-state index is 12.3. The summed E-state index contributed by atoms with van der Waals surface area (Å²) in [6.07, 6.45) is 3.15. The molecule has 1 aliphatic heterocycles. The lowest BCUT2D eigenvalue weighted by Crippen LogP contribution is -2.34. The molecule has 3 unspecified atom stereocenters. The van der Waals surface area contributed by atoms with E-state index in [0.29, 0.717) is 24.0 Å². The van der Waals surface area contributed by atoms with Crippen molar-refractivity contribution in [3.63, 3.8) is 0 Å². The molecule has 0 radical (unpaired) electrons. The molecule has 1 heterocycles. The second-order valence-electron chi connectivity index (χ2n) is 6.99. The second-order valence-corrected chi connectivity index (χ2v) is 6.99. The zero-order valence-electron chi connectivity index (χ0n) is 16.4. The molecular formula is C21H26O8. The van der Waals surface area contributed by atoms with Crippen molar-refractivity contribution < 1.29 is 38.8 Å². The highest BCUT2D eigenvalue weighted by Gasteiger charge is 2.44. The van der Waals surface area contributed by atoms with E-state index >= 15 is 0 Å². The van der Waals surface area contributed by atoms with Crippen LogP contribution in [-0.4, -0.2) is 60.1 Å². The Morgan fingerprint density at radius 1 is 1.31 bits per heavy atom. The summed E-state index contributed by atoms with van der Waals surface area (Å²) in [5.74, 6) is -2.57. The van der Waals surface area contributed by atoms with Gasteiger partial charge < -0.3 is 24.4 Å². The molecular weight excluding hydrogens is 380 g/mol. The third-order valence-corrected chi connectivity index (χ3v) is 4.83. The van der Waals surface area contributed by atoms with Crippen LogP contribution < -0.4 is 0 Å². The van der Waals surface area contributed by atoms with Gasteiger partial charge in [-0.25, -0.2) is 9.59 Å². The van der Waals surface area contributed by atoms with Crippen LogP contribution >= 0.6 is 0 Å². The minimum atomic E-state index is -0.870. The molecule has 1 fully saturated rings. The fraction of sp³-hybridized carbons (Fsp3) is 0.476. The summed E-state index contributed by atoms with van der Waals surface area (Å²) in [6.45, 7) is 7.75. The van der Waals surface area contributed by atoms with Crippen molar-refractivity contribution in [2.45, 2.75) is 38.4 Å². The highest BCUT2D eigenvalue weighted by molar-refractivity contribution is 5.92. The Morgan fingerprint density at radius 2 is 2.03 bits per heavy atom. The van der Waals surface area contributed by atoms with Gasteiger partial charge in [0.05, 0.1) is 24.7 Å². The van der Waals surface area contributed by atoms with E-state index in [1.54, 1.807) is 6.08 Å². The average molecular weight is 406 g/mol. The number of carbonyl (C=O) groups excluding carboxylic acids is 3. The lowest BCUT2D eigenvalue weighted by atomic mass is 9.85. The summed E-state index contributed by atoms with van der Waals surface area (Å²) in [5.41, 5.74) is 1.37. The Hall–Kier alpha value is -2.71. The molecule has 2 aliphatic rings. The molecule has 3 atom stereocenters. The van der Waals surface area contributed by atoms with Gasteiger partial charge in [-0.2, -0.15) is 0 Å². The smallest absolute Gasteiger partial charge is 0.336 e. The topological polar surface area (TPSA) is 119 Å². The van der Waals surface area contributed by atoms with Gasteiger partial charge in [-0.15, -0.1) is 0 Å². The van der Waals surface area contributed by atoms with Crippen molar-refractivity contribution in [1.82, 2.24) is 0 Å². The number of hydrogen-bond acceptors (Lipinski definition) is 8. The number of carbonyl (C=O) groups is 3. The van der Waals surface area contributed by atoms with E-state index in [1.807, 2.05) is 6.08 Å². The summed E-state index contributed by atoms with van der Waals surface area (Å²) in [5, 5.41) is 18.8. The average Bonchev–Trinajstić information content (AvgIpc) is 2.96. The van der Waals surface area contributed by atoms with Gasteiger partial charge in [-0.05, 0) is 30.1 Å². The van der Waals surface area contributed by atoms with E-state index < -0.39 is 42.6 Å². The number of allylic oxidation sites excluding steroid dienone is 1. The Bertz CT molecular complexity index is 761. The van der Waals surface area contributed by atoms with Crippen LogP contribution in [0.25, 0.3) is 0 Å². The van der Waals surface area contributed by atoms with E-state index in [0.717, 1.165) is 0 Å². The number of fused-ring (bicyclic) bond motifs is 1. The maximum absolute atomic E-state index is 12.3. The number of hydrogen-bond donors (Lipinski definition) is 2. The Labute approximate surface area is 169 Å². The first-order valence-electron chi connectivity index (χ1n) is 9.27. The molecule has 0 aromatic carbocycles. The Kier molecular flexibility index (Phi) is 7.92. The molecule has 2 rings (SSSR count). The molecule has 1 aliphatic carbocycles. The van der Waals surface area contributed by atoms with Gasteiger partial charge in [0.2, 0.25) is 0 Å². The van der Waals surface area contributed by atoms with Crippen molar-refractivity contribution in [3.8, 4) is 0 Å². The second kappa shape index (κ2) is 10.2. The third kappa shape index (κ3) is 5.88. The molecule has 0 amide bonds. The van der Waals surface area contributed by atoms with E-state index in [9.17, 15) is 19.5 Å². The van der Waals surface area contributed by atoms with Crippen LogP contribution in [0.1, 0.15) is 26.2 Å². The molecule has 8 heteroatoms. The summed E-state index contributed by atoms with van der Waals surface area (Å²) in [4.78, 5) is 35.7. The normalized spacial score (nSPS) is 24.6. The highest BCUT2D eigenvalue weighted by Crippen LogP contribution is 2.36. The van der Waals surface area contributed by atoms with Crippen molar-refractivity contribution in [3.05, 3.63) is 47.6 Å². The van der Waals surface area contributed by atoms with Gasteiger partial charge in [-0.3, -0.25) is 4.79 Å². The van der Waals surface area contributed by atoms with Crippen molar-refractivity contribution in [2.24, 2.45) is 5.92 Å². The molecule has 0 aromatic rings. The number of ether oxygens (including phenoxy) is 3. The molecule has 158 valence electrons. The predicted molar refractivity (Wildman–Crippen MR) is 102 cm³/mol. The lowest BCUT2D eigenvalue weighted by Gasteiger charge is -2.28. The van der Waals surface area contributed by atoms with E-state index in [1.165, 1.54) is 6.92 Å². The summed E-state index contributed by atoms with van der Waals surface area (Å²) >= 11 is 0. The molecule has 2 N–H and O–H groups in total. The van der Waals surface area contributed by atoms with E-state index in [4.69, 9.17) is 19.3 Å². The monoisotopic (exact) mass is 406 g/mol. The molecule has 1 saturated heterocycles. The maximum Gasteiger partial charge on any atom is 0.336 e. The SMILES string of the molecule is C=C(CO)C(=O)OC1CC(COC(C)=O)=CCCC(CO)=CC2OC(=O)C(=C)C21. The van der Waals surface area contributed by atoms with Gasteiger partial charge in [0, 0.05) is 18.9 Å². The van der Waals surface area contributed by atoms with Gasteiger partial charge in [0.1, 0.15) is 18.8 Å². The zero-order valence-corrected chi connectivity index (χ0v) is 16.4. The number of esters is 3. The fourth-order valence-corrected chi connectivity index (χ4v) is 3.27. The number of aliphatic hydroxyl groups is 2. The molecule has 29 heavy (non-hydrogen) atoms. The van der Waals surface area contributed by atoms with Gasteiger partial charge in [-0.1, -0.05) is 19.2 Å². The largest absolute Gasteiger partial charge is 0.461 e. The highest BCUT2D eigenvalue weighted by atomic mass is 16.6. The molecule has 8 nitrogen and oxygen atoms in total. The zero-order chi connectivity index (χ0) is 21.6. The first-order chi connectivity index (χ1) is 13.8. The number of aliphatic hydroxyl groups excluding tert-OH is 2. The van der Waals surface area contributed by atoms with Crippen LogP contribution in [0, 0.1) is 5.92 Å². The minimum absolute atomic E-state index is 0.00116. The Morgan fingerprint density at radius 3 is 2.66 bits per heavy atom. The first kappa shape index (κ1) is 22.6. The summed E-state index contributed by atoms with van der Waals surface area (Å²) < 4.78 is 16.0. The fourth-order valence-electron chi connectivity index (χ4n) is 3.27. The van der Waals surface area contributed by atoms with Gasteiger partial charge in [0.15, 0.2) is 0 Å². The third-order valence-electron chi connectivity index (χ3n) is 4.83. The molecule has 0 aromatic heterocycles. The van der Waals surface area contributed by atoms with Crippen molar-refractivity contribution in [1.29, 1.82) is 0 Å². The first-order valence-corrected chi connectivity index (χ1v) is 9.27. The minimum Gasteiger partial charge on any atom is -0.461 e. The van der Waals surface area contributed by atoms with Crippen molar-refractivity contribution >= 4 is 17.9 Å². The van der Waals surface area contributed by atoms with Crippen LogP contribution in [0.5, 0.6) is 0 Å². The predicted octanol–water partition coefficient (Wildman–Crippen LogP) is 1.14. The van der Waals surface area contributed by atoms with Gasteiger partial charge in [0.25, 0.3) is 0 Å². The van der Waals surface area contributed by atoms with Crippen LogP contribution in [0.15, 0.2) is 47.6 Å². The van der Waals surface area contributed by atoms with E-state index in [-0.39, 0.29) is 30.8 Å².